The molecule has 2 saturated heterocycles. The molecular weight excluding hydrogens is 360 g/mol. The van der Waals surface area contributed by atoms with Gasteiger partial charge >= 0.3 is 0 Å². The standard InChI is InChI=1S/C20H20N4O4/c1-2-5-13(6-3-1)26-18-12-21-14(11-22-18)19-23-20(28-24-19)17-9-8-16(27-17)15-7-4-10-25-15/h1-3,5-6,11-12,15-17H,4,7-10H2. The Kier molecular flexibility index (Phi) is 4.72. The highest BCUT2D eigenvalue weighted by atomic mass is 16.6. The summed E-state index contributed by atoms with van der Waals surface area (Å²) in [5.41, 5.74) is 0.518. The average molecular weight is 380 g/mol. The normalized spacial score (nSPS) is 24.5. The van der Waals surface area contributed by atoms with Crippen LogP contribution in [0.5, 0.6) is 11.6 Å². The first-order chi connectivity index (χ1) is 13.8. The first kappa shape index (κ1) is 17.3. The molecule has 28 heavy (non-hydrogen) atoms. The molecule has 8 nitrogen and oxygen atoms in total. The smallest absolute Gasteiger partial charge is 0.256 e. The van der Waals surface area contributed by atoms with Gasteiger partial charge in [-0.2, -0.15) is 4.98 Å². The molecule has 3 atom stereocenters. The molecule has 0 radical (unpaired) electrons. The van der Waals surface area contributed by atoms with Crippen LogP contribution in [-0.2, 0) is 9.47 Å². The second-order valence-corrected chi connectivity index (χ2v) is 6.90. The van der Waals surface area contributed by atoms with E-state index in [1.807, 2.05) is 30.3 Å². The van der Waals surface area contributed by atoms with Gasteiger partial charge in [0.15, 0.2) is 0 Å². The number of benzene rings is 1. The summed E-state index contributed by atoms with van der Waals surface area (Å²) in [6, 6.07) is 9.42. The van der Waals surface area contributed by atoms with Crippen molar-refractivity contribution in [2.24, 2.45) is 0 Å². The molecule has 8 heteroatoms. The van der Waals surface area contributed by atoms with Gasteiger partial charge in [0.1, 0.15) is 17.5 Å². The summed E-state index contributed by atoms with van der Waals surface area (Å²) in [4.78, 5) is 13.0. The lowest BCUT2D eigenvalue weighted by Crippen LogP contribution is -2.24. The van der Waals surface area contributed by atoms with E-state index in [-0.39, 0.29) is 18.3 Å². The largest absolute Gasteiger partial charge is 0.438 e. The fourth-order valence-electron chi connectivity index (χ4n) is 3.58. The van der Waals surface area contributed by atoms with E-state index < -0.39 is 0 Å². The van der Waals surface area contributed by atoms with Crippen LogP contribution in [0, 0.1) is 0 Å². The molecule has 2 aromatic heterocycles. The van der Waals surface area contributed by atoms with Gasteiger partial charge in [0.2, 0.25) is 11.7 Å². The lowest BCUT2D eigenvalue weighted by Gasteiger charge is -2.17. The minimum absolute atomic E-state index is 0.108. The third-order valence-electron chi connectivity index (χ3n) is 4.97. The SMILES string of the molecule is c1ccc(Oc2cnc(-c3noc(C4CCC(C5CCCO5)O4)n3)cn2)cc1. The van der Waals surface area contributed by atoms with Crippen molar-refractivity contribution in [1.29, 1.82) is 0 Å². The predicted octanol–water partition coefficient (Wildman–Crippen LogP) is 3.72. The number of nitrogens with zero attached hydrogens (tertiary/aromatic N) is 4. The van der Waals surface area contributed by atoms with Crippen molar-refractivity contribution in [3.63, 3.8) is 0 Å². The van der Waals surface area contributed by atoms with E-state index in [0.717, 1.165) is 32.3 Å². The summed E-state index contributed by atoms with van der Waals surface area (Å²) in [7, 11) is 0. The number of para-hydroxylation sites is 1. The Morgan fingerprint density at radius 3 is 2.68 bits per heavy atom. The zero-order valence-electron chi connectivity index (χ0n) is 15.2. The molecule has 2 fully saturated rings. The summed E-state index contributed by atoms with van der Waals surface area (Å²) in [5, 5.41) is 4.03. The fraction of sp³-hybridized carbons (Fsp3) is 0.400. The van der Waals surface area contributed by atoms with E-state index >= 15 is 0 Å². The summed E-state index contributed by atoms with van der Waals surface area (Å²) in [6.07, 6.45) is 7.16. The van der Waals surface area contributed by atoms with Gasteiger partial charge in [0.05, 0.1) is 24.6 Å². The Morgan fingerprint density at radius 1 is 0.964 bits per heavy atom. The van der Waals surface area contributed by atoms with Crippen molar-refractivity contribution in [2.75, 3.05) is 6.61 Å². The van der Waals surface area contributed by atoms with Gasteiger partial charge < -0.3 is 18.7 Å². The summed E-state index contributed by atoms with van der Waals surface area (Å²) < 4.78 is 22.9. The van der Waals surface area contributed by atoms with Crippen LogP contribution >= 0.6 is 0 Å². The first-order valence-corrected chi connectivity index (χ1v) is 9.51. The van der Waals surface area contributed by atoms with Gasteiger partial charge in [0, 0.05) is 6.61 Å². The maximum atomic E-state index is 6.09. The minimum Gasteiger partial charge on any atom is -0.438 e. The second kappa shape index (κ2) is 7.65. The van der Waals surface area contributed by atoms with Gasteiger partial charge in [0.25, 0.3) is 5.89 Å². The van der Waals surface area contributed by atoms with Gasteiger partial charge in [-0.05, 0) is 37.8 Å². The molecule has 2 aliphatic rings. The third kappa shape index (κ3) is 3.61. The molecular formula is C20H20N4O4. The second-order valence-electron chi connectivity index (χ2n) is 6.90. The number of rotatable bonds is 5. The van der Waals surface area contributed by atoms with Gasteiger partial charge in [-0.3, -0.25) is 0 Å². The van der Waals surface area contributed by atoms with Crippen molar-refractivity contribution in [3.8, 4) is 23.1 Å². The Bertz CT molecular complexity index is 909. The molecule has 0 amide bonds. The number of ether oxygens (including phenoxy) is 3. The van der Waals surface area contributed by atoms with E-state index in [1.54, 1.807) is 6.20 Å². The molecule has 2 aliphatic heterocycles. The summed E-state index contributed by atoms with van der Waals surface area (Å²) in [6.45, 7) is 0.822. The Hall–Kier alpha value is -2.84. The van der Waals surface area contributed by atoms with Crippen LogP contribution in [0.4, 0.5) is 0 Å². The first-order valence-electron chi connectivity index (χ1n) is 9.51. The van der Waals surface area contributed by atoms with E-state index in [4.69, 9.17) is 18.7 Å². The highest BCUT2D eigenvalue weighted by molar-refractivity contribution is 5.46. The van der Waals surface area contributed by atoms with Crippen LogP contribution in [0.25, 0.3) is 11.5 Å². The van der Waals surface area contributed by atoms with Crippen LogP contribution < -0.4 is 4.74 Å². The maximum Gasteiger partial charge on any atom is 0.256 e. The Balaban J connectivity index is 1.24. The molecule has 5 rings (SSSR count). The lowest BCUT2D eigenvalue weighted by atomic mass is 10.1. The highest BCUT2D eigenvalue weighted by Gasteiger charge is 2.37. The lowest BCUT2D eigenvalue weighted by molar-refractivity contribution is -0.0528. The molecule has 0 spiro atoms. The fourth-order valence-corrected chi connectivity index (χ4v) is 3.58. The monoisotopic (exact) mass is 380 g/mol. The quantitative estimate of drug-likeness (QED) is 0.661. The molecule has 3 aromatic rings. The molecule has 0 aliphatic carbocycles. The zero-order valence-corrected chi connectivity index (χ0v) is 15.2. The molecule has 0 bridgehead atoms. The van der Waals surface area contributed by atoms with Crippen molar-refractivity contribution in [2.45, 2.75) is 44.0 Å². The molecule has 0 N–H and O–H groups in total. The van der Waals surface area contributed by atoms with Gasteiger partial charge in [-0.15, -0.1) is 0 Å². The zero-order chi connectivity index (χ0) is 18.8. The number of hydrogen-bond acceptors (Lipinski definition) is 8. The Morgan fingerprint density at radius 2 is 1.89 bits per heavy atom. The number of hydrogen-bond donors (Lipinski definition) is 0. The van der Waals surface area contributed by atoms with E-state index in [1.165, 1.54) is 6.20 Å². The summed E-state index contributed by atoms with van der Waals surface area (Å²) in [5.74, 6) is 1.96. The van der Waals surface area contributed by atoms with Crippen LogP contribution in [0.2, 0.25) is 0 Å². The van der Waals surface area contributed by atoms with Crippen molar-refractivity contribution >= 4 is 0 Å². The van der Waals surface area contributed by atoms with Crippen LogP contribution in [-0.4, -0.2) is 38.9 Å². The molecule has 3 unspecified atom stereocenters. The molecule has 144 valence electrons. The van der Waals surface area contributed by atoms with Crippen molar-refractivity contribution < 1.29 is 18.7 Å². The Labute approximate surface area is 161 Å². The number of aromatic nitrogens is 4. The summed E-state index contributed by atoms with van der Waals surface area (Å²) >= 11 is 0. The molecule has 4 heterocycles. The van der Waals surface area contributed by atoms with Crippen LogP contribution in [0.3, 0.4) is 0 Å². The van der Waals surface area contributed by atoms with Gasteiger partial charge in [-0.25, -0.2) is 9.97 Å². The van der Waals surface area contributed by atoms with Crippen molar-refractivity contribution in [1.82, 2.24) is 20.1 Å². The predicted molar refractivity (Wildman–Crippen MR) is 97.7 cm³/mol. The maximum absolute atomic E-state index is 6.09. The van der Waals surface area contributed by atoms with E-state index in [9.17, 15) is 0 Å². The van der Waals surface area contributed by atoms with Crippen molar-refractivity contribution in [3.05, 3.63) is 48.6 Å². The van der Waals surface area contributed by atoms with E-state index in [2.05, 4.69) is 20.1 Å². The third-order valence-corrected chi connectivity index (χ3v) is 4.97. The topological polar surface area (TPSA) is 92.4 Å². The van der Waals surface area contributed by atoms with Gasteiger partial charge in [-0.1, -0.05) is 23.4 Å². The average Bonchev–Trinajstić information content (AvgIpc) is 3.49. The molecule has 1 aromatic carbocycles. The highest BCUT2D eigenvalue weighted by Crippen LogP contribution is 2.36. The minimum atomic E-state index is -0.191. The van der Waals surface area contributed by atoms with Crippen LogP contribution in [0.15, 0.2) is 47.2 Å². The van der Waals surface area contributed by atoms with Crippen LogP contribution in [0.1, 0.15) is 37.7 Å². The van der Waals surface area contributed by atoms with E-state index in [0.29, 0.717) is 29.0 Å². The molecule has 0 saturated carbocycles.